The first-order valence-corrected chi connectivity index (χ1v) is 9.78. The molecule has 0 amide bonds. The van der Waals surface area contributed by atoms with Gasteiger partial charge in [0.05, 0.1) is 10.1 Å². The molecule has 0 radical (unpaired) electrons. The summed E-state index contributed by atoms with van der Waals surface area (Å²) < 4.78 is 3.28. The zero-order valence-electron chi connectivity index (χ0n) is 15.9. The molecule has 0 aliphatic rings. The topological polar surface area (TPSA) is 17.3 Å². The second-order valence-electron chi connectivity index (χ2n) is 7.30. The molecule has 3 rings (SSSR count). The second kappa shape index (κ2) is 8.41. The van der Waals surface area contributed by atoms with Crippen LogP contribution < -0.4 is 0 Å². The van der Waals surface area contributed by atoms with E-state index in [2.05, 4.69) is 88.4 Å². The summed E-state index contributed by atoms with van der Waals surface area (Å²) in [5, 5.41) is 1.20. The minimum absolute atomic E-state index is 0.102. The summed E-state index contributed by atoms with van der Waals surface area (Å²) in [6.45, 7) is 7.05. The van der Waals surface area contributed by atoms with Crippen molar-refractivity contribution < 1.29 is 0 Å². The highest BCUT2D eigenvalue weighted by molar-refractivity contribution is 9.10. The third-order valence-corrected chi connectivity index (χ3v) is 4.86. The molecule has 27 heavy (non-hydrogen) atoms. The smallest absolute Gasteiger partial charge is 0.0949 e. The fourth-order valence-corrected chi connectivity index (χ4v) is 3.37. The number of aliphatic imine (C=N–C) groups is 1. The lowest BCUT2D eigenvalue weighted by Crippen LogP contribution is -2.09. The molecule has 0 saturated carbocycles. The monoisotopic (exact) mass is 418 g/mol. The Morgan fingerprint density at radius 1 is 1.04 bits per heavy atom. The van der Waals surface area contributed by atoms with E-state index in [1.807, 2.05) is 42.6 Å². The van der Waals surface area contributed by atoms with Gasteiger partial charge in [-0.05, 0) is 61.0 Å². The van der Waals surface area contributed by atoms with Crippen LogP contribution in [0.2, 0.25) is 0 Å². The van der Waals surface area contributed by atoms with Crippen molar-refractivity contribution >= 4 is 33.0 Å². The molecule has 0 bridgehead atoms. The van der Waals surface area contributed by atoms with Crippen LogP contribution in [0.4, 0.5) is 0 Å². The summed E-state index contributed by atoms with van der Waals surface area (Å²) >= 11 is 3.77. The van der Waals surface area contributed by atoms with Crippen LogP contribution in [-0.4, -0.2) is 16.3 Å². The van der Waals surface area contributed by atoms with Crippen LogP contribution in [0.1, 0.15) is 31.9 Å². The van der Waals surface area contributed by atoms with Crippen LogP contribution in [0.3, 0.4) is 0 Å². The molecule has 2 nitrogen and oxygen atoms in total. The largest absolute Gasteiger partial charge is 0.331 e. The van der Waals surface area contributed by atoms with Gasteiger partial charge >= 0.3 is 0 Å². The Morgan fingerprint density at radius 2 is 1.74 bits per heavy atom. The highest BCUT2D eigenvalue weighted by Gasteiger charge is 2.14. The third-order valence-electron chi connectivity index (χ3n) is 4.00. The Morgan fingerprint density at radius 3 is 2.48 bits per heavy atom. The average Bonchev–Trinajstić information content (AvgIpc) is 2.91. The van der Waals surface area contributed by atoms with E-state index >= 15 is 0 Å². The first kappa shape index (κ1) is 19.2. The van der Waals surface area contributed by atoms with Gasteiger partial charge in [0.25, 0.3) is 0 Å². The van der Waals surface area contributed by atoms with E-state index in [1.54, 1.807) is 0 Å². The molecule has 3 heteroatoms. The minimum Gasteiger partial charge on any atom is -0.331 e. The van der Waals surface area contributed by atoms with Gasteiger partial charge in [-0.3, -0.25) is 4.99 Å². The molecule has 0 aliphatic heterocycles. The number of benzene rings is 2. The maximum absolute atomic E-state index is 4.69. The van der Waals surface area contributed by atoms with Crippen molar-refractivity contribution in [1.82, 2.24) is 4.57 Å². The predicted molar refractivity (Wildman–Crippen MR) is 119 cm³/mol. The zero-order valence-corrected chi connectivity index (χ0v) is 17.5. The van der Waals surface area contributed by atoms with E-state index in [9.17, 15) is 0 Å². The van der Waals surface area contributed by atoms with E-state index in [4.69, 9.17) is 0 Å². The lowest BCUT2D eigenvalue weighted by molar-refractivity contribution is 0.586. The molecule has 1 heterocycles. The van der Waals surface area contributed by atoms with Crippen molar-refractivity contribution in [3.8, 4) is 11.8 Å². The van der Waals surface area contributed by atoms with Gasteiger partial charge in [0.15, 0.2) is 0 Å². The zero-order chi connectivity index (χ0) is 19.3. The molecular weight excluding hydrogens is 396 g/mol. The number of nitrogens with zero attached hydrogens (tertiary/aromatic N) is 2. The number of allylic oxidation sites excluding steroid dienone is 2. The van der Waals surface area contributed by atoms with Crippen LogP contribution in [0.25, 0.3) is 10.9 Å². The summed E-state index contributed by atoms with van der Waals surface area (Å²) in [6.07, 6.45) is 5.97. The Bertz CT molecular complexity index is 1040. The summed E-state index contributed by atoms with van der Waals surface area (Å²) in [5.74, 6) is 6.25. The van der Waals surface area contributed by atoms with Gasteiger partial charge in [0, 0.05) is 34.8 Å². The summed E-state index contributed by atoms with van der Waals surface area (Å²) in [5.41, 5.74) is 3.22. The Kier molecular flexibility index (Phi) is 5.98. The molecule has 0 fully saturated rings. The minimum atomic E-state index is -0.102. The number of aromatic nitrogens is 1. The molecule has 1 aromatic heterocycles. The number of fused-ring (bicyclic) bond motifs is 1. The van der Waals surface area contributed by atoms with Gasteiger partial charge < -0.3 is 4.57 Å². The number of halogens is 1. The molecule has 2 aromatic carbocycles. The summed E-state index contributed by atoms with van der Waals surface area (Å²) in [7, 11) is 0. The Labute approximate surface area is 169 Å². The average molecular weight is 419 g/mol. The quantitative estimate of drug-likeness (QED) is 0.354. The molecule has 136 valence electrons. The van der Waals surface area contributed by atoms with Gasteiger partial charge in [-0.1, -0.05) is 54.3 Å². The SMILES string of the molecule is CC(C)(C)N=Cc1c(Br)n(C/C=C\C#Cc2ccccc2)c2ccccc12. The number of hydrogen-bond acceptors (Lipinski definition) is 1. The van der Waals surface area contributed by atoms with Crippen molar-refractivity contribution in [2.24, 2.45) is 4.99 Å². The molecule has 0 unspecified atom stereocenters. The first-order valence-electron chi connectivity index (χ1n) is 8.99. The summed E-state index contributed by atoms with van der Waals surface area (Å²) in [4.78, 5) is 4.69. The molecule has 0 spiro atoms. The number of rotatable bonds is 3. The van der Waals surface area contributed by atoms with Gasteiger partial charge in [0.1, 0.15) is 0 Å². The number of para-hydroxylation sites is 1. The Balaban J connectivity index is 1.87. The van der Waals surface area contributed by atoms with Crippen molar-refractivity contribution in [2.45, 2.75) is 32.9 Å². The van der Waals surface area contributed by atoms with E-state index in [0.29, 0.717) is 0 Å². The molecule has 0 N–H and O–H groups in total. The van der Waals surface area contributed by atoms with Gasteiger partial charge in [-0.15, -0.1) is 0 Å². The lowest BCUT2D eigenvalue weighted by atomic mass is 10.1. The van der Waals surface area contributed by atoms with Crippen molar-refractivity contribution in [2.75, 3.05) is 0 Å². The highest BCUT2D eigenvalue weighted by Crippen LogP contribution is 2.29. The van der Waals surface area contributed by atoms with E-state index in [1.165, 1.54) is 10.9 Å². The van der Waals surface area contributed by atoms with Gasteiger partial charge in [-0.25, -0.2) is 0 Å². The van der Waals surface area contributed by atoms with Crippen LogP contribution in [-0.2, 0) is 6.54 Å². The highest BCUT2D eigenvalue weighted by atomic mass is 79.9. The predicted octanol–water partition coefficient (Wildman–Crippen LogP) is 6.23. The van der Waals surface area contributed by atoms with Crippen molar-refractivity contribution in [1.29, 1.82) is 0 Å². The first-order chi connectivity index (χ1) is 13.0. The van der Waals surface area contributed by atoms with Gasteiger partial charge in [0.2, 0.25) is 0 Å². The van der Waals surface area contributed by atoms with E-state index in [-0.39, 0.29) is 5.54 Å². The van der Waals surface area contributed by atoms with Crippen LogP contribution in [0, 0.1) is 11.8 Å². The number of hydrogen-bond donors (Lipinski definition) is 0. The second-order valence-corrected chi connectivity index (χ2v) is 8.05. The molecule has 0 aliphatic carbocycles. The lowest BCUT2D eigenvalue weighted by Gasteiger charge is -2.10. The maximum atomic E-state index is 4.69. The van der Waals surface area contributed by atoms with E-state index in [0.717, 1.165) is 22.3 Å². The molecular formula is C24H23BrN2. The van der Waals surface area contributed by atoms with Crippen LogP contribution >= 0.6 is 15.9 Å². The fraction of sp³-hybridized carbons (Fsp3) is 0.208. The van der Waals surface area contributed by atoms with Crippen LogP contribution in [0.15, 0.2) is 76.3 Å². The third kappa shape index (κ3) is 4.99. The van der Waals surface area contributed by atoms with Crippen molar-refractivity contribution in [3.63, 3.8) is 0 Å². The molecule has 0 atom stereocenters. The summed E-state index contributed by atoms with van der Waals surface area (Å²) in [6, 6.07) is 18.4. The normalized spacial score (nSPS) is 12.0. The van der Waals surface area contributed by atoms with E-state index < -0.39 is 0 Å². The Hall–Kier alpha value is -2.57. The molecule has 3 aromatic rings. The van der Waals surface area contributed by atoms with Crippen molar-refractivity contribution in [3.05, 3.63) is 82.5 Å². The van der Waals surface area contributed by atoms with Gasteiger partial charge in [-0.2, -0.15) is 0 Å². The van der Waals surface area contributed by atoms with Crippen LogP contribution in [0.5, 0.6) is 0 Å². The standard InChI is InChI=1S/C24H23BrN2/c1-24(2,3)26-18-21-20-15-9-10-16-22(20)27(23(21)25)17-11-5-8-14-19-12-6-4-7-13-19/h4-7,9-13,15-16,18H,17H2,1-3H3/b11-5-,26-18?. The molecule has 0 saturated heterocycles. The maximum Gasteiger partial charge on any atom is 0.0949 e. The fourth-order valence-electron chi connectivity index (χ4n) is 2.72.